The monoisotopic (exact) mass is 414 g/mol. The van der Waals surface area contributed by atoms with E-state index < -0.39 is 0 Å². The molecule has 1 saturated heterocycles. The highest BCUT2D eigenvalue weighted by Crippen LogP contribution is 2.32. The number of aliphatic hydroxyl groups is 1. The number of hydrogen-bond donors (Lipinski definition) is 1. The van der Waals surface area contributed by atoms with Crippen molar-refractivity contribution >= 4 is 11.5 Å². The molecule has 0 atom stereocenters. The third kappa shape index (κ3) is 3.78. The first-order valence-corrected chi connectivity index (χ1v) is 10.7. The standard InChI is InChI=1S/C24H26N6O/c1-18-23(20-5-3-2-4-6-20)24-26-21(19-7-9-25-10-8-19)17-22(30(24)27-18)29-13-11-28(12-14-29)15-16-31/h2-10,17,31H,11-16H2,1H3. The number of aliphatic hydroxyl groups excluding tert-OH is 1. The van der Waals surface area contributed by atoms with E-state index in [0.717, 1.165) is 72.3 Å². The predicted octanol–water partition coefficient (Wildman–Crippen LogP) is 2.88. The minimum atomic E-state index is 0.199. The van der Waals surface area contributed by atoms with Crippen LogP contribution in [0.5, 0.6) is 0 Å². The molecule has 1 N–H and O–H groups in total. The van der Waals surface area contributed by atoms with Gasteiger partial charge in [0.2, 0.25) is 0 Å². The van der Waals surface area contributed by atoms with Gasteiger partial charge < -0.3 is 10.0 Å². The summed E-state index contributed by atoms with van der Waals surface area (Å²) in [5, 5.41) is 14.2. The van der Waals surface area contributed by atoms with E-state index in [1.807, 2.05) is 41.8 Å². The molecule has 158 valence electrons. The fourth-order valence-corrected chi connectivity index (χ4v) is 4.29. The van der Waals surface area contributed by atoms with Crippen LogP contribution in [0.1, 0.15) is 5.69 Å². The molecule has 0 saturated carbocycles. The molecule has 1 fully saturated rings. The summed E-state index contributed by atoms with van der Waals surface area (Å²) in [6.45, 7) is 6.57. The Labute approximate surface area is 181 Å². The van der Waals surface area contributed by atoms with Crippen molar-refractivity contribution in [3.05, 3.63) is 66.6 Å². The normalized spacial score (nSPS) is 15.0. The smallest absolute Gasteiger partial charge is 0.166 e. The van der Waals surface area contributed by atoms with E-state index in [4.69, 9.17) is 10.1 Å². The lowest BCUT2D eigenvalue weighted by Gasteiger charge is -2.35. The zero-order chi connectivity index (χ0) is 21.2. The lowest BCUT2D eigenvalue weighted by atomic mass is 10.1. The number of nitrogens with zero attached hydrogens (tertiary/aromatic N) is 6. The largest absolute Gasteiger partial charge is 0.395 e. The molecule has 0 radical (unpaired) electrons. The first-order chi connectivity index (χ1) is 15.2. The summed E-state index contributed by atoms with van der Waals surface area (Å²) in [6, 6.07) is 16.5. The molecule has 0 unspecified atom stereocenters. The van der Waals surface area contributed by atoms with Gasteiger partial charge in [0.25, 0.3) is 0 Å². The van der Waals surface area contributed by atoms with E-state index in [9.17, 15) is 5.11 Å². The Balaban J connectivity index is 1.66. The van der Waals surface area contributed by atoms with E-state index in [1.54, 1.807) is 12.4 Å². The van der Waals surface area contributed by atoms with E-state index in [2.05, 4.69) is 33.0 Å². The van der Waals surface area contributed by atoms with E-state index >= 15 is 0 Å². The Kier molecular flexibility index (Phi) is 5.36. The number of anilines is 1. The van der Waals surface area contributed by atoms with Gasteiger partial charge in [0, 0.05) is 62.3 Å². The first-order valence-electron chi connectivity index (χ1n) is 10.7. The Morgan fingerprint density at radius 1 is 0.935 bits per heavy atom. The van der Waals surface area contributed by atoms with Crippen molar-refractivity contribution in [1.82, 2.24) is 24.5 Å². The molecular formula is C24H26N6O. The summed E-state index contributed by atoms with van der Waals surface area (Å²) in [6.07, 6.45) is 3.60. The Morgan fingerprint density at radius 2 is 1.68 bits per heavy atom. The molecule has 0 amide bonds. The van der Waals surface area contributed by atoms with Crippen molar-refractivity contribution in [2.45, 2.75) is 6.92 Å². The molecule has 1 aliphatic heterocycles. The number of pyridine rings is 1. The van der Waals surface area contributed by atoms with Crippen LogP contribution in [-0.4, -0.2) is 68.9 Å². The van der Waals surface area contributed by atoms with Crippen LogP contribution in [-0.2, 0) is 0 Å². The van der Waals surface area contributed by atoms with Gasteiger partial charge in [-0.2, -0.15) is 9.61 Å². The third-order valence-electron chi connectivity index (χ3n) is 5.90. The van der Waals surface area contributed by atoms with Gasteiger partial charge >= 0.3 is 0 Å². The SMILES string of the molecule is Cc1nn2c(N3CCN(CCO)CC3)cc(-c3ccncc3)nc2c1-c1ccccc1. The topological polar surface area (TPSA) is 69.8 Å². The number of fused-ring (bicyclic) bond motifs is 1. The maximum atomic E-state index is 9.26. The van der Waals surface area contributed by atoms with Crippen molar-refractivity contribution in [3.8, 4) is 22.4 Å². The van der Waals surface area contributed by atoms with E-state index in [0.29, 0.717) is 0 Å². The van der Waals surface area contributed by atoms with Gasteiger partial charge in [-0.05, 0) is 24.6 Å². The minimum Gasteiger partial charge on any atom is -0.395 e. The molecule has 1 aromatic carbocycles. The number of benzene rings is 1. The van der Waals surface area contributed by atoms with Gasteiger partial charge in [0.15, 0.2) is 5.65 Å². The fourth-order valence-electron chi connectivity index (χ4n) is 4.29. The van der Waals surface area contributed by atoms with E-state index in [-0.39, 0.29) is 6.61 Å². The summed E-state index contributed by atoms with van der Waals surface area (Å²) < 4.78 is 1.99. The van der Waals surface area contributed by atoms with Gasteiger partial charge in [-0.1, -0.05) is 30.3 Å². The molecular weight excluding hydrogens is 388 g/mol. The van der Waals surface area contributed by atoms with Crippen molar-refractivity contribution in [2.24, 2.45) is 0 Å². The van der Waals surface area contributed by atoms with Gasteiger partial charge in [-0.25, -0.2) is 4.98 Å². The number of rotatable bonds is 5. The highest BCUT2D eigenvalue weighted by atomic mass is 16.3. The average Bonchev–Trinajstić information content (AvgIpc) is 3.16. The van der Waals surface area contributed by atoms with Crippen LogP contribution >= 0.6 is 0 Å². The van der Waals surface area contributed by atoms with Crippen molar-refractivity contribution in [1.29, 1.82) is 0 Å². The molecule has 0 spiro atoms. The molecule has 31 heavy (non-hydrogen) atoms. The summed E-state index contributed by atoms with van der Waals surface area (Å²) >= 11 is 0. The molecule has 0 bridgehead atoms. The first kappa shape index (κ1) is 19.7. The Hall–Kier alpha value is -3.29. The van der Waals surface area contributed by atoms with E-state index in [1.165, 1.54) is 0 Å². The van der Waals surface area contributed by atoms with Crippen molar-refractivity contribution in [2.75, 3.05) is 44.2 Å². The van der Waals surface area contributed by atoms with Crippen LogP contribution in [0.3, 0.4) is 0 Å². The maximum Gasteiger partial charge on any atom is 0.166 e. The van der Waals surface area contributed by atoms with Crippen LogP contribution in [0.25, 0.3) is 28.0 Å². The fraction of sp³-hybridized carbons (Fsp3) is 0.292. The molecule has 7 heteroatoms. The van der Waals surface area contributed by atoms with Gasteiger partial charge in [0.1, 0.15) is 5.82 Å². The Morgan fingerprint density at radius 3 is 2.39 bits per heavy atom. The zero-order valence-corrected chi connectivity index (χ0v) is 17.6. The molecule has 7 nitrogen and oxygen atoms in total. The summed E-state index contributed by atoms with van der Waals surface area (Å²) in [7, 11) is 0. The van der Waals surface area contributed by atoms with Gasteiger partial charge in [-0.15, -0.1) is 0 Å². The number of aromatic nitrogens is 4. The number of β-amino-alcohol motifs (C(OH)–C–C–N with tert-alkyl or cyclic N) is 1. The van der Waals surface area contributed by atoms with Crippen LogP contribution in [0.4, 0.5) is 5.82 Å². The number of hydrogen-bond acceptors (Lipinski definition) is 6. The summed E-state index contributed by atoms with van der Waals surface area (Å²) in [5.41, 5.74) is 5.97. The molecule has 4 heterocycles. The lowest BCUT2D eigenvalue weighted by Crippen LogP contribution is -2.47. The molecule has 3 aromatic heterocycles. The molecule has 0 aliphatic carbocycles. The second-order valence-corrected chi connectivity index (χ2v) is 7.85. The minimum absolute atomic E-state index is 0.199. The number of piperazine rings is 1. The summed E-state index contributed by atoms with van der Waals surface area (Å²) in [5.74, 6) is 1.05. The zero-order valence-electron chi connectivity index (χ0n) is 17.6. The molecule has 5 rings (SSSR count). The van der Waals surface area contributed by atoms with Crippen LogP contribution in [0.2, 0.25) is 0 Å². The van der Waals surface area contributed by atoms with Crippen LogP contribution in [0.15, 0.2) is 60.9 Å². The van der Waals surface area contributed by atoms with Crippen LogP contribution < -0.4 is 4.90 Å². The molecule has 1 aliphatic rings. The highest BCUT2D eigenvalue weighted by Gasteiger charge is 2.23. The maximum absolute atomic E-state index is 9.26. The van der Waals surface area contributed by atoms with Gasteiger partial charge in [0.05, 0.1) is 18.0 Å². The van der Waals surface area contributed by atoms with Crippen molar-refractivity contribution in [3.63, 3.8) is 0 Å². The lowest BCUT2D eigenvalue weighted by molar-refractivity contribution is 0.188. The van der Waals surface area contributed by atoms with Crippen LogP contribution in [0, 0.1) is 6.92 Å². The predicted molar refractivity (Wildman–Crippen MR) is 122 cm³/mol. The van der Waals surface area contributed by atoms with Gasteiger partial charge in [-0.3, -0.25) is 9.88 Å². The second-order valence-electron chi connectivity index (χ2n) is 7.85. The average molecular weight is 415 g/mol. The highest BCUT2D eigenvalue weighted by molar-refractivity contribution is 5.82. The number of aryl methyl sites for hydroxylation is 1. The Bertz CT molecular complexity index is 1170. The quantitative estimate of drug-likeness (QED) is 0.542. The second kappa shape index (κ2) is 8.45. The van der Waals surface area contributed by atoms with Crippen molar-refractivity contribution < 1.29 is 5.11 Å². The summed E-state index contributed by atoms with van der Waals surface area (Å²) in [4.78, 5) is 13.9. The third-order valence-corrected chi connectivity index (χ3v) is 5.90. The molecule has 4 aromatic rings.